The zero-order valence-electron chi connectivity index (χ0n) is 12.4. The summed E-state index contributed by atoms with van der Waals surface area (Å²) in [4.78, 5) is 22.8. The number of rotatable bonds is 6. The summed E-state index contributed by atoms with van der Waals surface area (Å²) >= 11 is 0. The van der Waals surface area contributed by atoms with Crippen LogP contribution in [0.15, 0.2) is 48.4 Å². The quantitative estimate of drug-likeness (QED) is 0.506. The van der Waals surface area contributed by atoms with Gasteiger partial charge >= 0.3 is 5.97 Å². The minimum atomic E-state index is -1.15. The highest BCUT2D eigenvalue weighted by Crippen LogP contribution is 2.16. The standard InChI is InChI=1S/C17H17NO4/c1-12(19)15-8-14(9-16(22-2)17(20)21)11-18(15)10-13-6-4-3-5-7-13/h3-9,11H,10H2,1-2H3,(H,20,21). The number of hydrogen-bond acceptors (Lipinski definition) is 3. The van der Waals surface area contributed by atoms with Crippen molar-refractivity contribution in [3.8, 4) is 0 Å². The first-order valence-electron chi connectivity index (χ1n) is 6.75. The molecule has 5 heteroatoms. The largest absolute Gasteiger partial charge is 0.490 e. The molecular weight excluding hydrogens is 282 g/mol. The summed E-state index contributed by atoms with van der Waals surface area (Å²) in [5.41, 5.74) is 2.19. The molecule has 2 rings (SSSR count). The Hall–Kier alpha value is -2.82. The van der Waals surface area contributed by atoms with Crippen molar-refractivity contribution >= 4 is 17.8 Å². The van der Waals surface area contributed by atoms with Crippen LogP contribution < -0.4 is 0 Å². The van der Waals surface area contributed by atoms with Crippen molar-refractivity contribution in [3.05, 3.63) is 65.2 Å². The van der Waals surface area contributed by atoms with Gasteiger partial charge < -0.3 is 14.4 Å². The van der Waals surface area contributed by atoms with Crippen LogP contribution in [0.1, 0.15) is 28.5 Å². The molecule has 0 atom stereocenters. The fraction of sp³-hybridized carbons (Fsp3) is 0.176. The predicted octanol–water partition coefficient (Wildman–Crippen LogP) is 2.81. The molecular formula is C17H17NO4. The number of aliphatic carboxylic acids is 1. The van der Waals surface area contributed by atoms with Crippen molar-refractivity contribution in [2.45, 2.75) is 13.5 Å². The molecule has 0 unspecified atom stereocenters. The molecule has 0 saturated carbocycles. The Morgan fingerprint density at radius 1 is 1.27 bits per heavy atom. The molecule has 5 nitrogen and oxygen atoms in total. The number of carbonyl (C=O) groups is 2. The molecule has 0 saturated heterocycles. The van der Waals surface area contributed by atoms with E-state index in [0.29, 0.717) is 17.8 Å². The van der Waals surface area contributed by atoms with Crippen molar-refractivity contribution < 1.29 is 19.4 Å². The number of aromatic nitrogens is 1. The number of carboxylic acid groups (broad SMARTS) is 1. The fourth-order valence-electron chi connectivity index (χ4n) is 2.18. The smallest absolute Gasteiger partial charge is 0.371 e. The average molecular weight is 299 g/mol. The number of benzene rings is 1. The third kappa shape index (κ3) is 3.63. The van der Waals surface area contributed by atoms with Crippen LogP contribution in [-0.2, 0) is 16.1 Å². The topological polar surface area (TPSA) is 68.5 Å². The van der Waals surface area contributed by atoms with E-state index in [2.05, 4.69) is 0 Å². The van der Waals surface area contributed by atoms with Crippen molar-refractivity contribution in [3.63, 3.8) is 0 Å². The second kappa shape index (κ2) is 6.76. The zero-order chi connectivity index (χ0) is 16.1. The molecule has 2 aromatic rings. The Bertz CT molecular complexity index is 714. The molecule has 0 aliphatic heterocycles. The molecule has 114 valence electrons. The van der Waals surface area contributed by atoms with Crippen molar-refractivity contribution in [2.24, 2.45) is 0 Å². The average Bonchev–Trinajstić information content (AvgIpc) is 2.88. The number of nitrogens with zero attached hydrogens (tertiary/aromatic N) is 1. The number of methoxy groups -OCH3 is 1. The minimum Gasteiger partial charge on any atom is -0.490 e. The summed E-state index contributed by atoms with van der Waals surface area (Å²) in [5, 5.41) is 8.99. The second-order valence-corrected chi connectivity index (χ2v) is 4.85. The van der Waals surface area contributed by atoms with Gasteiger partial charge in [-0.2, -0.15) is 0 Å². The highest BCUT2D eigenvalue weighted by molar-refractivity contribution is 5.94. The van der Waals surface area contributed by atoms with Crippen LogP contribution in [0.3, 0.4) is 0 Å². The van der Waals surface area contributed by atoms with E-state index in [1.165, 1.54) is 20.1 Å². The van der Waals surface area contributed by atoms with Gasteiger partial charge in [0.2, 0.25) is 5.76 Å². The normalized spacial score (nSPS) is 11.3. The van der Waals surface area contributed by atoms with E-state index in [0.717, 1.165) is 5.56 Å². The molecule has 1 heterocycles. The molecule has 0 aliphatic rings. The number of hydrogen-bond donors (Lipinski definition) is 1. The van der Waals surface area contributed by atoms with Gasteiger partial charge in [0.15, 0.2) is 5.78 Å². The maximum absolute atomic E-state index is 11.8. The number of carboxylic acids is 1. The van der Waals surface area contributed by atoms with Crippen molar-refractivity contribution in [2.75, 3.05) is 7.11 Å². The van der Waals surface area contributed by atoms with Gasteiger partial charge in [-0.25, -0.2) is 4.79 Å². The molecule has 0 fully saturated rings. The number of ketones is 1. The lowest BCUT2D eigenvalue weighted by Crippen LogP contribution is -2.06. The Balaban J connectivity index is 2.38. The van der Waals surface area contributed by atoms with Crippen LogP contribution in [0, 0.1) is 0 Å². The second-order valence-electron chi connectivity index (χ2n) is 4.85. The van der Waals surface area contributed by atoms with Gasteiger partial charge in [-0.05, 0) is 23.3 Å². The first-order valence-corrected chi connectivity index (χ1v) is 6.75. The van der Waals surface area contributed by atoms with Gasteiger partial charge in [0.25, 0.3) is 0 Å². The molecule has 1 N–H and O–H groups in total. The van der Waals surface area contributed by atoms with Crippen LogP contribution in [0.5, 0.6) is 0 Å². The maximum atomic E-state index is 11.8. The molecule has 1 aromatic heterocycles. The molecule has 0 aliphatic carbocycles. The molecule has 22 heavy (non-hydrogen) atoms. The lowest BCUT2D eigenvalue weighted by atomic mass is 10.2. The summed E-state index contributed by atoms with van der Waals surface area (Å²) in [6.07, 6.45) is 3.14. The van der Waals surface area contributed by atoms with Crippen LogP contribution in [-0.4, -0.2) is 28.5 Å². The van der Waals surface area contributed by atoms with E-state index >= 15 is 0 Å². The molecule has 1 aromatic carbocycles. The van der Waals surface area contributed by atoms with Gasteiger partial charge in [0.05, 0.1) is 12.8 Å². The van der Waals surface area contributed by atoms with E-state index in [1.807, 2.05) is 30.3 Å². The van der Waals surface area contributed by atoms with E-state index in [1.54, 1.807) is 16.8 Å². The highest BCUT2D eigenvalue weighted by atomic mass is 16.5. The van der Waals surface area contributed by atoms with E-state index in [4.69, 9.17) is 9.84 Å². The molecule has 0 bridgehead atoms. The molecule has 0 amide bonds. The lowest BCUT2D eigenvalue weighted by molar-refractivity contribution is -0.135. The summed E-state index contributed by atoms with van der Waals surface area (Å²) in [6, 6.07) is 11.4. The summed E-state index contributed by atoms with van der Waals surface area (Å²) in [6.45, 7) is 2.03. The van der Waals surface area contributed by atoms with E-state index in [-0.39, 0.29) is 11.5 Å². The third-order valence-corrected chi connectivity index (χ3v) is 3.20. The Morgan fingerprint density at radius 3 is 2.50 bits per heavy atom. The summed E-state index contributed by atoms with van der Waals surface area (Å²) in [5.74, 6) is -1.40. The van der Waals surface area contributed by atoms with Crippen LogP contribution >= 0.6 is 0 Å². The number of Topliss-reactive ketones (excluding diaryl/α,β-unsaturated/α-hetero) is 1. The highest BCUT2D eigenvalue weighted by Gasteiger charge is 2.12. The lowest BCUT2D eigenvalue weighted by Gasteiger charge is -2.06. The predicted molar refractivity (Wildman–Crippen MR) is 82.6 cm³/mol. The van der Waals surface area contributed by atoms with Gasteiger partial charge in [-0.1, -0.05) is 30.3 Å². The van der Waals surface area contributed by atoms with Crippen LogP contribution in [0.2, 0.25) is 0 Å². The van der Waals surface area contributed by atoms with Gasteiger partial charge in [0, 0.05) is 19.7 Å². The van der Waals surface area contributed by atoms with Crippen molar-refractivity contribution in [1.82, 2.24) is 4.57 Å². The molecule has 0 radical (unpaired) electrons. The van der Waals surface area contributed by atoms with Crippen molar-refractivity contribution in [1.29, 1.82) is 0 Å². The van der Waals surface area contributed by atoms with Gasteiger partial charge in [0.1, 0.15) is 0 Å². The maximum Gasteiger partial charge on any atom is 0.371 e. The van der Waals surface area contributed by atoms with E-state index < -0.39 is 5.97 Å². The molecule has 0 spiro atoms. The summed E-state index contributed by atoms with van der Waals surface area (Å²) < 4.78 is 6.62. The van der Waals surface area contributed by atoms with Crippen LogP contribution in [0.25, 0.3) is 6.08 Å². The Kier molecular flexibility index (Phi) is 4.78. The van der Waals surface area contributed by atoms with Gasteiger partial charge in [-0.3, -0.25) is 4.79 Å². The monoisotopic (exact) mass is 299 g/mol. The van der Waals surface area contributed by atoms with E-state index in [9.17, 15) is 9.59 Å². The third-order valence-electron chi connectivity index (χ3n) is 3.20. The number of ether oxygens (including phenoxy) is 1. The fourth-order valence-corrected chi connectivity index (χ4v) is 2.18. The first kappa shape index (κ1) is 15.6. The minimum absolute atomic E-state index is 0.0788. The summed E-state index contributed by atoms with van der Waals surface area (Å²) in [7, 11) is 1.30. The Labute approximate surface area is 128 Å². The number of carbonyl (C=O) groups excluding carboxylic acids is 1. The Morgan fingerprint density at radius 2 is 1.95 bits per heavy atom. The van der Waals surface area contributed by atoms with Crippen LogP contribution in [0.4, 0.5) is 0 Å². The zero-order valence-corrected chi connectivity index (χ0v) is 12.4. The first-order chi connectivity index (χ1) is 10.5. The SMILES string of the molecule is COC(=Cc1cc(C(C)=O)n(Cc2ccccc2)c1)C(=O)O. The van der Waals surface area contributed by atoms with Gasteiger partial charge in [-0.15, -0.1) is 0 Å².